The predicted octanol–water partition coefficient (Wildman–Crippen LogP) is 10.8. The van der Waals surface area contributed by atoms with Gasteiger partial charge in [0.15, 0.2) is 5.58 Å². The summed E-state index contributed by atoms with van der Waals surface area (Å²) >= 11 is 0. The molecule has 0 unspecified atom stereocenters. The number of pyridine rings is 1. The Bertz CT molecular complexity index is 2490. The van der Waals surface area contributed by atoms with E-state index in [0.29, 0.717) is 11.1 Å². The molecule has 0 N–H and O–H groups in total. The number of furan rings is 1. The van der Waals surface area contributed by atoms with Gasteiger partial charge in [-0.2, -0.15) is 5.26 Å². The monoisotopic (exact) mass is 546 g/mol. The smallest absolute Gasteiger partial charge is 0.153 e. The standard InChI is InChI=1S/C40H22N2O/c41-22-30-4-1-7-35-36-8-2-6-34(40(36)43-39(30)35)25-11-9-24(10-12-25)32-18-26-13-15-28-20-33(31-5-3-17-42-23-31)21-29-16-14-27(19-32)37(26)38(28)29/h1-21,23H. The second kappa shape index (κ2) is 9.01. The minimum absolute atomic E-state index is 0.554. The van der Waals surface area contributed by atoms with Gasteiger partial charge in [0.2, 0.25) is 0 Å². The van der Waals surface area contributed by atoms with E-state index in [0.717, 1.165) is 38.6 Å². The second-order valence-corrected chi connectivity index (χ2v) is 11.1. The van der Waals surface area contributed by atoms with Gasteiger partial charge in [-0.3, -0.25) is 4.98 Å². The highest BCUT2D eigenvalue weighted by molar-refractivity contribution is 6.24. The van der Waals surface area contributed by atoms with Crippen LogP contribution < -0.4 is 0 Å². The van der Waals surface area contributed by atoms with E-state index in [1.165, 1.54) is 43.4 Å². The number of benzene rings is 7. The van der Waals surface area contributed by atoms with E-state index in [4.69, 9.17) is 4.42 Å². The predicted molar refractivity (Wildman–Crippen MR) is 176 cm³/mol. The minimum Gasteiger partial charge on any atom is -0.454 e. The maximum atomic E-state index is 9.58. The van der Waals surface area contributed by atoms with Crippen molar-refractivity contribution < 1.29 is 4.42 Å². The summed E-state index contributed by atoms with van der Waals surface area (Å²) in [4.78, 5) is 4.31. The number of nitriles is 1. The lowest BCUT2D eigenvalue weighted by Gasteiger charge is -2.14. The number of fused-ring (bicyclic) bond motifs is 3. The Morgan fingerprint density at radius 2 is 1.09 bits per heavy atom. The van der Waals surface area contributed by atoms with E-state index >= 15 is 0 Å². The Hall–Kier alpha value is -5.98. The summed E-state index contributed by atoms with van der Waals surface area (Å²) in [7, 11) is 0. The van der Waals surface area contributed by atoms with Gasteiger partial charge in [-0.15, -0.1) is 0 Å². The number of hydrogen-bond acceptors (Lipinski definition) is 3. The van der Waals surface area contributed by atoms with Gasteiger partial charge >= 0.3 is 0 Å². The van der Waals surface area contributed by atoms with Crippen molar-refractivity contribution in [2.75, 3.05) is 0 Å². The van der Waals surface area contributed by atoms with Gasteiger partial charge < -0.3 is 4.42 Å². The van der Waals surface area contributed by atoms with Crippen molar-refractivity contribution in [3.8, 4) is 39.4 Å². The Morgan fingerprint density at radius 3 is 1.70 bits per heavy atom. The van der Waals surface area contributed by atoms with Crippen LogP contribution >= 0.6 is 0 Å². The highest BCUT2D eigenvalue weighted by Crippen LogP contribution is 2.41. The van der Waals surface area contributed by atoms with Crippen LogP contribution in [-0.4, -0.2) is 4.98 Å². The maximum Gasteiger partial charge on any atom is 0.153 e. The summed E-state index contributed by atoms with van der Waals surface area (Å²) in [5.41, 5.74) is 8.77. The molecule has 0 saturated carbocycles. The van der Waals surface area contributed by atoms with Crippen LogP contribution in [0.1, 0.15) is 5.56 Å². The lowest BCUT2D eigenvalue weighted by atomic mass is 9.89. The fraction of sp³-hybridized carbons (Fsp3) is 0. The molecular formula is C40H22N2O. The van der Waals surface area contributed by atoms with Crippen molar-refractivity contribution in [2.45, 2.75) is 0 Å². The van der Waals surface area contributed by atoms with Crippen molar-refractivity contribution in [1.82, 2.24) is 4.98 Å². The Morgan fingerprint density at radius 1 is 0.512 bits per heavy atom. The fourth-order valence-electron chi connectivity index (χ4n) is 6.68. The molecule has 0 radical (unpaired) electrons. The summed E-state index contributed by atoms with van der Waals surface area (Å²) in [5.74, 6) is 0. The van der Waals surface area contributed by atoms with Crippen molar-refractivity contribution >= 4 is 54.3 Å². The largest absolute Gasteiger partial charge is 0.454 e. The van der Waals surface area contributed by atoms with Crippen LogP contribution in [0.15, 0.2) is 138 Å². The summed E-state index contributed by atoms with van der Waals surface area (Å²) in [5, 5.41) is 19.2. The van der Waals surface area contributed by atoms with Crippen LogP contribution in [0.4, 0.5) is 0 Å². The van der Waals surface area contributed by atoms with E-state index in [9.17, 15) is 5.26 Å². The summed E-state index contributed by atoms with van der Waals surface area (Å²) in [6.07, 6.45) is 3.73. The van der Waals surface area contributed by atoms with Crippen LogP contribution in [0.3, 0.4) is 0 Å². The zero-order valence-electron chi connectivity index (χ0n) is 23.0. The van der Waals surface area contributed by atoms with Crippen LogP contribution in [-0.2, 0) is 0 Å². The molecule has 9 rings (SSSR count). The molecule has 0 fully saturated rings. The molecule has 3 nitrogen and oxygen atoms in total. The molecule has 0 amide bonds. The average Bonchev–Trinajstić information content (AvgIpc) is 3.46. The number of hydrogen-bond donors (Lipinski definition) is 0. The van der Waals surface area contributed by atoms with Gasteiger partial charge in [0.1, 0.15) is 11.7 Å². The molecule has 0 aliphatic heterocycles. The molecule has 198 valence electrons. The summed E-state index contributed by atoms with van der Waals surface area (Å²) in [6.45, 7) is 0. The van der Waals surface area contributed by atoms with Crippen molar-refractivity contribution in [2.24, 2.45) is 0 Å². The number of rotatable bonds is 3. The van der Waals surface area contributed by atoms with Gasteiger partial charge in [0, 0.05) is 34.3 Å². The van der Waals surface area contributed by atoms with E-state index in [2.05, 4.69) is 108 Å². The first-order valence-electron chi connectivity index (χ1n) is 14.3. The van der Waals surface area contributed by atoms with Gasteiger partial charge in [-0.25, -0.2) is 0 Å². The zero-order valence-corrected chi connectivity index (χ0v) is 23.0. The van der Waals surface area contributed by atoms with Gasteiger partial charge in [0.05, 0.1) is 5.56 Å². The van der Waals surface area contributed by atoms with E-state index in [1.54, 1.807) is 6.07 Å². The van der Waals surface area contributed by atoms with Crippen molar-refractivity contribution in [1.29, 1.82) is 5.26 Å². The van der Waals surface area contributed by atoms with Crippen molar-refractivity contribution in [3.05, 3.63) is 139 Å². The zero-order chi connectivity index (χ0) is 28.5. The molecule has 0 spiro atoms. The summed E-state index contributed by atoms with van der Waals surface area (Å²) in [6, 6.07) is 45.1. The fourth-order valence-corrected chi connectivity index (χ4v) is 6.68. The summed E-state index contributed by atoms with van der Waals surface area (Å²) < 4.78 is 6.29. The highest BCUT2D eigenvalue weighted by atomic mass is 16.3. The lowest BCUT2D eigenvalue weighted by Crippen LogP contribution is -1.88. The molecule has 0 bridgehead atoms. The third kappa shape index (κ3) is 3.57. The number of aromatic nitrogens is 1. The van der Waals surface area contributed by atoms with Crippen LogP contribution in [0, 0.1) is 11.3 Å². The molecule has 0 atom stereocenters. The molecule has 9 aromatic rings. The lowest BCUT2D eigenvalue weighted by molar-refractivity contribution is 0.668. The third-order valence-electron chi connectivity index (χ3n) is 8.70. The third-order valence-corrected chi connectivity index (χ3v) is 8.70. The Kier molecular flexibility index (Phi) is 4.97. The van der Waals surface area contributed by atoms with Gasteiger partial charge in [0.25, 0.3) is 0 Å². The highest BCUT2D eigenvalue weighted by Gasteiger charge is 2.15. The second-order valence-electron chi connectivity index (χ2n) is 11.1. The first kappa shape index (κ1) is 23.7. The molecule has 2 aromatic heterocycles. The molecular weight excluding hydrogens is 524 g/mol. The number of nitrogens with zero attached hydrogens (tertiary/aromatic N) is 2. The van der Waals surface area contributed by atoms with Crippen molar-refractivity contribution in [3.63, 3.8) is 0 Å². The first-order valence-corrected chi connectivity index (χ1v) is 14.3. The number of para-hydroxylation sites is 2. The van der Waals surface area contributed by atoms with Gasteiger partial charge in [-0.05, 0) is 91.0 Å². The minimum atomic E-state index is 0.554. The quantitative estimate of drug-likeness (QED) is 0.207. The SMILES string of the molecule is N#Cc1cccc2c1oc1c(-c3ccc(-c4cc5ccc6cc(-c7cccnc7)cc7ccc(c4)c5c67)cc3)cccc12. The molecule has 43 heavy (non-hydrogen) atoms. The molecule has 7 aromatic carbocycles. The molecule has 2 heterocycles. The van der Waals surface area contributed by atoms with Crippen LogP contribution in [0.2, 0.25) is 0 Å². The maximum absolute atomic E-state index is 9.58. The molecule has 0 saturated heterocycles. The van der Waals surface area contributed by atoms with Crippen LogP contribution in [0.5, 0.6) is 0 Å². The van der Waals surface area contributed by atoms with E-state index in [1.807, 2.05) is 30.6 Å². The van der Waals surface area contributed by atoms with Crippen LogP contribution in [0.25, 0.3) is 87.6 Å². The Labute approximate surface area is 247 Å². The molecule has 0 aliphatic rings. The average molecular weight is 547 g/mol. The van der Waals surface area contributed by atoms with E-state index in [-0.39, 0.29) is 0 Å². The molecule has 3 heteroatoms. The molecule has 0 aliphatic carbocycles. The van der Waals surface area contributed by atoms with Gasteiger partial charge in [-0.1, -0.05) is 84.9 Å². The Balaban J connectivity index is 1.14. The topological polar surface area (TPSA) is 49.8 Å². The normalized spacial score (nSPS) is 11.7. The van der Waals surface area contributed by atoms with E-state index < -0.39 is 0 Å². The first-order chi connectivity index (χ1) is 21.2.